The molecule has 0 heterocycles. The maximum atomic E-state index is 4.09. The zero-order valence-corrected chi connectivity index (χ0v) is 14.7. The third kappa shape index (κ3) is 6.30. The molecule has 3 unspecified atom stereocenters. The highest BCUT2D eigenvalue weighted by atomic mass is 15.0. The summed E-state index contributed by atoms with van der Waals surface area (Å²) in [5.41, 5.74) is 0. The van der Waals surface area contributed by atoms with E-state index < -0.39 is 0 Å². The van der Waals surface area contributed by atoms with E-state index in [1.54, 1.807) is 0 Å². The third-order valence-corrected chi connectivity index (χ3v) is 6.26. The molecule has 0 aliphatic heterocycles. The van der Waals surface area contributed by atoms with E-state index in [0.29, 0.717) is 0 Å². The van der Waals surface area contributed by atoms with Gasteiger partial charge >= 0.3 is 0 Å². The lowest BCUT2D eigenvalue weighted by Crippen LogP contribution is -2.45. The standard InChI is InChI=1S/C20H39N/c1-17-13-12-16-20(18(17)2)21-19-14-10-8-6-4-3-5-7-9-11-15-19/h17-21H,3-16H2,1-2H3. The first-order valence-electron chi connectivity index (χ1n) is 10.0. The topological polar surface area (TPSA) is 12.0 Å². The summed E-state index contributed by atoms with van der Waals surface area (Å²) in [6.07, 6.45) is 20.4. The number of hydrogen-bond donors (Lipinski definition) is 1. The molecular formula is C20H39N. The van der Waals surface area contributed by atoms with Crippen molar-refractivity contribution < 1.29 is 0 Å². The molecule has 0 spiro atoms. The van der Waals surface area contributed by atoms with Crippen LogP contribution in [0.5, 0.6) is 0 Å². The van der Waals surface area contributed by atoms with Crippen molar-refractivity contribution in [2.45, 2.75) is 116 Å². The molecule has 2 aliphatic carbocycles. The van der Waals surface area contributed by atoms with Gasteiger partial charge in [-0.1, -0.05) is 84.5 Å². The summed E-state index contributed by atoms with van der Waals surface area (Å²) in [5.74, 6) is 1.79. The van der Waals surface area contributed by atoms with Crippen LogP contribution in [0.2, 0.25) is 0 Å². The molecule has 1 N–H and O–H groups in total. The lowest BCUT2D eigenvalue weighted by atomic mass is 9.77. The highest BCUT2D eigenvalue weighted by Crippen LogP contribution is 2.30. The van der Waals surface area contributed by atoms with Gasteiger partial charge in [-0.2, -0.15) is 0 Å². The second kappa shape index (κ2) is 9.87. The fourth-order valence-corrected chi connectivity index (χ4v) is 4.45. The molecule has 0 radical (unpaired) electrons. The zero-order valence-electron chi connectivity index (χ0n) is 14.7. The predicted octanol–water partition coefficient (Wildman–Crippen LogP) is 6.07. The Morgan fingerprint density at radius 3 is 1.67 bits per heavy atom. The van der Waals surface area contributed by atoms with Gasteiger partial charge in [-0.05, 0) is 31.1 Å². The molecule has 1 heteroatoms. The average Bonchev–Trinajstić information content (AvgIpc) is 2.46. The van der Waals surface area contributed by atoms with Gasteiger partial charge in [-0.3, -0.25) is 0 Å². The molecule has 0 aromatic heterocycles. The van der Waals surface area contributed by atoms with Crippen LogP contribution in [0.25, 0.3) is 0 Å². The number of rotatable bonds is 2. The molecule has 0 saturated heterocycles. The fraction of sp³-hybridized carbons (Fsp3) is 1.00. The lowest BCUT2D eigenvalue weighted by molar-refractivity contribution is 0.186. The number of nitrogens with one attached hydrogen (secondary N) is 1. The van der Waals surface area contributed by atoms with Crippen molar-refractivity contribution in [3.05, 3.63) is 0 Å². The molecule has 0 bridgehead atoms. The molecule has 0 aromatic carbocycles. The molecule has 3 atom stereocenters. The van der Waals surface area contributed by atoms with E-state index in [4.69, 9.17) is 0 Å². The van der Waals surface area contributed by atoms with Gasteiger partial charge in [-0.25, -0.2) is 0 Å². The van der Waals surface area contributed by atoms with Gasteiger partial charge in [0.1, 0.15) is 0 Å². The summed E-state index contributed by atoms with van der Waals surface area (Å²) in [4.78, 5) is 0. The Labute approximate surface area is 133 Å². The summed E-state index contributed by atoms with van der Waals surface area (Å²) < 4.78 is 0. The second-order valence-corrected chi connectivity index (χ2v) is 8.00. The number of hydrogen-bond acceptors (Lipinski definition) is 1. The van der Waals surface area contributed by atoms with Gasteiger partial charge in [0, 0.05) is 12.1 Å². The van der Waals surface area contributed by atoms with Crippen molar-refractivity contribution in [1.82, 2.24) is 5.32 Å². The first-order valence-corrected chi connectivity index (χ1v) is 10.0. The van der Waals surface area contributed by atoms with Crippen LogP contribution in [0.4, 0.5) is 0 Å². The first kappa shape index (κ1) is 17.3. The zero-order chi connectivity index (χ0) is 14.9. The average molecular weight is 294 g/mol. The van der Waals surface area contributed by atoms with Crippen LogP contribution in [-0.2, 0) is 0 Å². The largest absolute Gasteiger partial charge is 0.311 e. The van der Waals surface area contributed by atoms with Crippen LogP contribution in [0, 0.1) is 11.8 Å². The van der Waals surface area contributed by atoms with E-state index in [1.165, 1.54) is 89.9 Å². The van der Waals surface area contributed by atoms with Crippen LogP contribution in [0.15, 0.2) is 0 Å². The van der Waals surface area contributed by atoms with Gasteiger partial charge < -0.3 is 5.32 Å². The van der Waals surface area contributed by atoms with Gasteiger partial charge in [-0.15, -0.1) is 0 Å². The third-order valence-electron chi connectivity index (χ3n) is 6.26. The smallest absolute Gasteiger partial charge is 0.00978 e. The van der Waals surface area contributed by atoms with Gasteiger partial charge in [0.15, 0.2) is 0 Å². The fourth-order valence-electron chi connectivity index (χ4n) is 4.45. The Hall–Kier alpha value is -0.0400. The maximum Gasteiger partial charge on any atom is 0.00978 e. The van der Waals surface area contributed by atoms with Gasteiger partial charge in [0.25, 0.3) is 0 Å². The summed E-state index contributed by atoms with van der Waals surface area (Å²) >= 11 is 0. The van der Waals surface area contributed by atoms with Crippen LogP contribution >= 0.6 is 0 Å². The van der Waals surface area contributed by atoms with E-state index in [0.717, 1.165) is 23.9 Å². The predicted molar refractivity (Wildman–Crippen MR) is 93.7 cm³/mol. The molecule has 2 saturated carbocycles. The summed E-state index contributed by atoms with van der Waals surface area (Å²) in [6.45, 7) is 4.94. The van der Waals surface area contributed by atoms with Crippen molar-refractivity contribution in [2.24, 2.45) is 11.8 Å². The van der Waals surface area contributed by atoms with Crippen LogP contribution in [0.1, 0.15) is 104 Å². The quantitative estimate of drug-likeness (QED) is 0.651. The minimum atomic E-state index is 0.798. The Bertz CT molecular complexity index is 251. The van der Waals surface area contributed by atoms with Crippen LogP contribution < -0.4 is 5.32 Å². The molecule has 2 rings (SSSR count). The second-order valence-electron chi connectivity index (χ2n) is 8.00. The van der Waals surface area contributed by atoms with Crippen LogP contribution in [-0.4, -0.2) is 12.1 Å². The lowest BCUT2D eigenvalue weighted by Gasteiger charge is -2.37. The summed E-state index contributed by atoms with van der Waals surface area (Å²) in [7, 11) is 0. The molecule has 21 heavy (non-hydrogen) atoms. The summed E-state index contributed by atoms with van der Waals surface area (Å²) in [6, 6.07) is 1.61. The van der Waals surface area contributed by atoms with Crippen molar-refractivity contribution in [2.75, 3.05) is 0 Å². The van der Waals surface area contributed by atoms with Crippen molar-refractivity contribution in [3.8, 4) is 0 Å². The van der Waals surface area contributed by atoms with Gasteiger partial charge in [0.2, 0.25) is 0 Å². The van der Waals surface area contributed by atoms with Crippen molar-refractivity contribution >= 4 is 0 Å². The van der Waals surface area contributed by atoms with E-state index in [-0.39, 0.29) is 0 Å². The Balaban J connectivity index is 1.79. The molecular weight excluding hydrogens is 254 g/mol. The van der Waals surface area contributed by atoms with E-state index in [1.807, 2.05) is 0 Å². The summed E-state index contributed by atoms with van der Waals surface area (Å²) in [5, 5.41) is 4.09. The van der Waals surface area contributed by atoms with Crippen molar-refractivity contribution in [1.29, 1.82) is 0 Å². The molecule has 1 nitrogen and oxygen atoms in total. The molecule has 2 fully saturated rings. The molecule has 0 amide bonds. The molecule has 124 valence electrons. The monoisotopic (exact) mass is 293 g/mol. The van der Waals surface area contributed by atoms with E-state index in [2.05, 4.69) is 19.2 Å². The normalized spacial score (nSPS) is 34.9. The SMILES string of the molecule is CC1CCCC(NC2CCCCCCCCCCC2)C1C. The van der Waals surface area contributed by atoms with Crippen LogP contribution in [0.3, 0.4) is 0 Å². The van der Waals surface area contributed by atoms with Gasteiger partial charge in [0.05, 0.1) is 0 Å². The first-order chi connectivity index (χ1) is 10.3. The molecule has 2 aliphatic rings. The highest BCUT2D eigenvalue weighted by Gasteiger charge is 2.28. The Morgan fingerprint density at radius 2 is 1.10 bits per heavy atom. The van der Waals surface area contributed by atoms with E-state index in [9.17, 15) is 0 Å². The minimum Gasteiger partial charge on any atom is -0.311 e. The molecule has 0 aromatic rings. The Kier molecular flexibility index (Phi) is 8.14. The maximum absolute atomic E-state index is 4.09. The highest BCUT2D eigenvalue weighted by molar-refractivity contribution is 4.85. The minimum absolute atomic E-state index is 0.798. The Morgan fingerprint density at radius 1 is 0.571 bits per heavy atom. The van der Waals surface area contributed by atoms with Crippen molar-refractivity contribution in [3.63, 3.8) is 0 Å². The van der Waals surface area contributed by atoms with E-state index >= 15 is 0 Å².